The molecule has 0 rings (SSSR count). The van der Waals surface area contributed by atoms with Crippen molar-refractivity contribution in [2.24, 2.45) is 11.8 Å². The van der Waals surface area contributed by atoms with Crippen LogP contribution in [0.15, 0.2) is 0 Å². The van der Waals surface area contributed by atoms with Crippen molar-refractivity contribution in [1.29, 1.82) is 0 Å². The van der Waals surface area contributed by atoms with Crippen LogP contribution in [0.2, 0.25) is 0 Å². The number of hydrogen-bond acceptors (Lipinski definition) is 6. The summed E-state index contributed by atoms with van der Waals surface area (Å²) in [5, 5.41) is 0. The summed E-state index contributed by atoms with van der Waals surface area (Å²) in [5.74, 6) is 0.811. The molecule has 0 amide bonds. The van der Waals surface area contributed by atoms with Gasteiger partial charge in [-0.15, -0.1) is 0 Å². The second-order valence-corrected chi connectivity index (χ2v) is 17.8. The quantitative estimate of drug-likeness (QED) is 0.0347. The van der Waals surface area contributed by atoms with Crippen LogP contribution in [0, 0.1) is 11.8 Å². The van der Waals surface area contributed by atoms with Crippen LogP contribution in [0.4, 0.5) is 0 Å². The minimum Gasteiger partial charge on any atom is -0.462 e. The lowest BCUT2D eigenvalue weighted by atomic mass is 10.00. The van der Waals surface area contributed by atoms with Crippen LogP contribution in [-0.2, 0) is 28.6 Å². The van der Waals surface area contributed by atoms with Gasteiger partial charge in [-0.2, -0.15) is 0 Å². The van der Waals surface area contributed by atoms with E-state index < -0.39 is 6.10 Å². The molecule has 0 saturated heterocycles. The summed E-state index contributed by atoms with van der Waals surface area (Å²) in [4.78, 5) is 37.6. The number of rotatable bonds is 44. The SMILES string of the molecule is CCCCCCCCCC(=O)O[C@H](COC(=O)CCCCCCCCCCCCCCCCCCCCC(C)C)COC(=O)CCCCCCCCC(C)CC. The molecule has 6 heteroatoms. The first-order chi connectivity index (χ1) is 27.3. The van der Waals surface area contributed by atoms with Crippen LogP contribution in [0.1, 0.15) is 272 Å². The number of hydrogen-bond donors (Lipinski definition) is 0. The van der Waals surface area contributed by atoms with Gasteiger partial charge in [-0.25, -0.2) is 0 Å². The standard InChI is InChI=1S/C50H96O6/c1-6-8-9-10-23-32-37-42-50(53)56-47(44-55-49(52)41-36-31-27-26-29-34-39-46(5)7-2)43-54-48(51)40-35-30-25-22-20-18-16-14-12-11-13-15-17-19-21-24-28-33-38-45(3)4/h45-47H,6-44H2,1-5H3/t46?,47-/m1/s1. The Balaban J connectivity index is 4.10. The average molecular weight is 793 g/mol. The first kappa shape index (κ1) is 54.4. The predicted molar refractivity (Wildman–Crippen MR) is 238 cm³/mol. The van der Waals surface area contributed by atoms with Gasteiger partial charge in [-0.1, -0.05) is 234 Å². The molecule has 56 heavy (non-hydrogen) atoms. The Hall–Kier alpha value is -1.59. The first-order valence-corrected chi connectivity index (χ1v) is 24.8. The minimum atomic E-state index is -0.760. The Kier molecular flexibility index (Phi) is 41.8. The minimum absolute atomic E-state index is 0.0653. The summed E-state index contributed by atoms with van der Waals surface area (Å²) in [6, 6.07) is 0. The maximum absolute atomic E-state index is 12.6. The lowest BCUT2D eigenvalue weighted by molar-refractivity contribution is -0.167. The largest absolute Gasteiger partial charge is 0.462 e. The van der Waals surface area contributed by atoms with E-state index in [2.05, 4.69) is 34.6 Å². The van der Waals surface area contributed by atoms with E-state index >= 15 is 0 Å². The van der Waals surface area contributed by atoms with Gasteiger partial charge in [0.25, 0.3) is 0 Å². The van der Waals surface area contributed by atoms with Crippen molar-refractivity contribution in [1.82, 2.24) is 0 Å². The van der Waals surface area contributed by atoms with Crippen LogP contribution < -0.4 is 0 Å². The molecule has 0 radical (unpaired) electrons. The third-order valence-corrected chi connectivity index (χ3v) is 11.6. The fraction of sp³-hybridized carbons (Fsp3) is 0.940. The number of ether oxygens (including phenoxy) is 3. The second-order valence-electron chi connectivity index (χ2n) is 17.8. The van der Waals surface area contributed by atoms with E-state index in [1.807, 2.05) is 0 Å². The zero-order valence-corrected chi connectivity index (χ0v) is 38.3. The molecule has 0 fully saturated rings. The highest BCUT2D eigenvalue weighted by Gasteiger charge is 2.19. The Morgan fingerprint density at radius 1 is 0.375 bits per heavy atom. The van der Waals surface area contributed by atoms with Crippen LogP contribution in [0.3, 0.4) is 0 Å². The molecule has 0 aromatic rings. The van der Waals surface area contributed by atoms with Gasteiger partial charge in [0.2, 0.25) is 0 Å². The van der Waals surface area contributed by atoms with Gasteiger partial charge in [0.05, 0.1) is 0 Å². The summed E-state index contributed by atoms with van der Waals surface area (Å²) < 4.78 is 16.7. The average Bonchev–Trinajstić information content (AvgIpc) is 3.18. The molecule has 0 aromatic carbocycles. The molecule has 332 valence electrons. The molecule has 0 N–H and O–H groups in total. The van der Waals surface area contributed by atoms with Gasteiger partial charge in [0.1, 0.15) is 13.2 Å². The summed E-state index contributed by atoms with van der Waals surface area (Å²) in [6.07, 6.45) is 42.6. The van der Waals surface area contributed by atoms with Crippen molar-refractivity contribution in [3.8, 4) is 0 Å². The van der Waals surface area contributed by atoms with Crippen molar-refractivity contribution in [3.63, 3.8) is 0 Å². The molecule has 0 heterocycles. The van der Waals surface area contributed by atoms with E-state index in [0.29, 0.717) is 19.3 Å². The lowest BCUT2D eigenvalue weighted by Crippen LogP contribution is -2.30. The number of carbonyl (C=O) groups is 3. The first-order valence-electron chi connectivity index (χ1n) is 24.8. The van der Waals surface area contributed by atoms with Crippen molar-refractivity contribution < 1.29 is 28.6 Å². The smallest absolute Gasteiger partial charge is 0.306 e. The highest BCUT2D eigenvalue weighted by Crippen LogP contribution is 2.17. The molecular weight excluding hydrogens is 697 g/mol. The molecule has 0 aliphatic carbocycles. The molecule has 2 atom stereocenters. The van der Waals surface area contributed by atoms with Crippen molar-refractivity contribution in [2.45, 2.75) is 278 Å². The molecule has 0 aliphatic rings. The monoisotopic (exact) mass is 793 g/mol. The van der Waals surface area contributed by atoms with E-state index in [9.17, 15) is 14.4 Å². The molecule has 0 bridgehead atoms. The van der Waals surface area contributed by atoms with Crippen molar-refractivity contribution in [2.75, 3.05) is 13.2 Å². The Bertz CT molecular complexity index is 856. The van der Waals surface area contributed by atoms with E-state index in [1.165, 1.54) is 161 Å². The van der Waals surface area contributed by atoms with E-state index in [1.54, 1.807) is 0 Å². The molecule has 0 aliphatic heterocycles. The second kappa shape index (κ2) is 43.0. The van der Waals surface area contributed by atoms with Crippen molar-refractivity contribution >= 4 is 17.9 Å². The van der Waals surface area contributed by atoms with Crippen LogP contribution >= 0.6 is 0 Å². The highest BCUT2D eigenvalue weighted by molar-refractivity contribution is 5.71. The maximum Gasteiger partial charge on any atom is 0.306 e. The predicted octanol–water partition coefficient (Wildman–Crippen LogP) is 15.8. The van der Waals surface area contributed by atoms with Crippen LogP contribution in [-0.4, -0.2) is 37.2 Å². The molecule has 6 nitrogen and oxygen atoms in total. The molecular formula is C50H96O6. The van der Waals surface area contributed by atoms with E-state index in [-0.39, 0.29) is 31.1 Å². The summed E-state index contributed by atoms with van der Waals surface area (Å²) in [6.45, 7) is 11.3. The third-order valence-electron chi connectivity index (χ3n) is 11.6. The molecule has 1 unspecified atom stereocenters. The zero-order chi connectivity index (χ0) is 41.2. The zero-order valence-electron chi connectivity index (χ0n) is 38.3. The summed E-state index contributed by atoms with van der Waals surface area (Å²) in [5.41, 5.74) is 0. The van der Waals surface area contributed by atoms with E-state index in [0.717, 1.165) is 69.6 Å². The van der Waals surface area contributed by atoms with Gasteiger partial charge in [-0.05, 0) is 31.1 Å². The van der Waals surface area contributed by atoms with Gasteiger partial charge < -0.3 is 14.2 Å². The third kappa shape index (κ3) is 42.0. The molecule has 0 saturated carbocycles. The van der Waals surface area contributed by atoms with E-state index in [4.69, 9.17) is 14.2 Å². The summed E-state index contributed by atoms with van der Waals surface area (Å²) in [7, 11) is 0. The van der Waals surface area contributed by atoms with Gasteiger partial charge in [0.15, 0.2) is 6.10 Å². The van der Waals surface area contributed by atoms with Crippen molar-refractivity contribution in [3.05, 3.63) is 0 Å². The number of unbranched alkanes of at least 4 members (excludes halogenated alkanes) is 28. The highest BCUT2D eigenvalue weighted by atomic mass is 16.6. The van der Waals surface area contributed by atoms with Crippen LogP contribution in [0.25, 0.3) is 0 Å². The van der Waals surface area contributed by atoms with Gasteiger partial charge >= 0.3 is 17.9 Å². The topological polar surface area (TPSA) is 78.9 Å². The number of esters is 3. The Morgan fingerprint density at radius 2 is 0.679 bits per heavy atom. The van der Waals surface area contributed by atoms with Gasteiger partial charge in [0, 0.05) is 19.3 Å². The van der Waals surface area contributed by atoms with Crippen LogP contribution in [0.5, 0.6) is 0 Å². The maximum atomic E-state index is 12.6. The Morgan fingerprint density at radius 3 is 1.02 bits per heavy atom. The van der Waals surface area contributed by atoms with Gasteiger partial charge in [-0.3, -0.25) is 14.4 Å². The molecule has 0 spiro atoms. The Labute approximate surface area is 348 Å². The normalized spacial score (nSPS) is 12.5. The fourth-order valence-corrected chi connectivity index (χ4v) is 7.43. The number of carbonyl (C=O) groups excluding carboxylic acids is 3. The lowest BCUT2D eigenvalue weighted by Gasteiger charge is -2.18. The summed E-state index contributed by atoms with van der Waals surface area (Å²) >= 11 is 0. The molecule has 0 aromatic heterocycles. The fourth-order valence-electron chi connectivity index (χ4n) is 7.43.